The number of carbonyl (C=O) groups excluding carboxylic acids is 1. The van der Waals surface area contributed by atoms with Gasteiger partial charge in [-0.05, 0) is 61.2 Å². The molecule has 134 valence electrons. The monoisotopic (exact) mass is 386 g/mol. The van der Waals surface area contributed by atoms with Crippen molar-refractivity contribution in [3.63, 3.8) is 0 Å². The number of amides is 1. The van der Waals surface area contributed by atoms with Crippen molar-refractivity contribution in [3.05, 3.63) is 75.6 Å². The summed E-state index contributed by atoms with van der Waals surface area (Å²) in [4.78, 5) is 20.1. The van der Waals surface area contributed by atoms with Gasteiger partial charge in [0, 0.05) is 16.1 Å². The molecule has 26 heavy (non-hydrogen) atoms. The smallest absolute Gasteiger partial charge is 0.269 e. The van der Waals surface area contributed by atoms with Gasteiger partial charge >= 0.3 is 0 Å². The number of hydrogen-bond acceptors (Lipinski definition) is 4. The number of hydrogen-bond donors (Lipinski definition) is 0. The summed E-state index contributed by atoms with van der Waals surface area (Å²) in [6.07, 6.45) is 1.02. The van der Waals surface area contributed by atoms with Crippen molar-refractivity contribution < 1.29 is 9.53 Å². The van der Waals surface area contributed by atoms with Crippen LogP contribution in [0.5, 0.6) is 5.75 Å². The summed E-state index contributed by atoms with van der Waals surface area (Å²) in [6.45, 7) is 4.11. The first-order valence-electron chi connectivity index (χ1n) is 8.22. The standard InChI is InChI=1S/C20H19ClN2O2S/c1-14-12-16(8-9-18(14)21)25-15(2)20(24)23(13-17-6-5-11-26-17)19-7-3-4-10-22-19/h3-12,15H,13H2,1-2H3/t15-/m1/s1. The highest BCUT2D eigenvalue weighted by atomic mass is 35.5. The maximum absolute atomic E-state index is 13.1. The lowest BCUT2D eigenvalue weighted by molar-refractivity contribution is -0.124. The molecule has 1 amide bonds. The lowest BCUT2D eigenvalue weighted by atomic mass is 10.2. The summed E-state index contributed by atoms with van der Waals surface area (Å²) in [7, 11) is 0. The van der Waals surface area contributed by atoms with E-state index in [4.69, 9.17) is 16.3 Å². The second-order valence-electron chi connectivity index (χ2n) is 5.86. The van der Waals surface area contributed by atoms with Crippen molar-refractivity contribution in [2.24, 2.45) is 0 Å². The molecule has 0 saturated heterocycles. The first-order chi connectivity index (χ1) is 12.5. The number of ether oxygens (including phenoxy) is 1. The van der Waals surface area contributed by atoms with E-state index in [-0.39, 0.29) is 5.91 Å². The molecule has 0 fully saturated rings. The Bertz CT molecular complexity index is 869. The van der Waals surface area contributed by atoms with Crippen molar-refractivity contribution in [2.45, 2.75) is 26.5 Å². The number of aromatic nitrogens is 1. The average molecular weight is 387 g/mol. The molecule has 2 aromatic heterocycles. The third-order valence-electron chi connectivity index (χ3n) is 3.88. The Morgan fingerprint density at radius 2 is 2.12 bits per heavy atom. The normalized spacial score (nSPS) is 11.8. The van der Waals surface area contributed by atoms with Gasteiger partial charge in [-0.1, -0.05) is 23.7 Å². The zero-order chi connectivity index (χ0) is 18.5. The average Bonchev–Trinajstić information content (AvgIpc) is 3.16. The summed E-state index contributed by atoms with van der Waals surface area (Å²) < 4.78 is 5.86. The van der Waals surface area contributed by atoms with E-state index in [0.29, 0.717) is 23.1 Å². The summed E-state index contributed by atoms with van der Waals surface area (Å²) in [5, 5.41) is 2.66. The topological polar surface area (TPSA) is 42.4 Å². The minimum Gasteiger partial charge on any atom is -0.481 e. The van der Waals surface area contributed by atoms with E-state index in [1.807, 2.05) is 48.7 Å². The summed E-state index contributed by atoms with van der Waals surface area (Å²) in [5.41, 5.74) is 0.906. The molecule has 0 bridgehead atoms. The van der Waals surface area contributed by atoms with E-state index in [9.17, 15) is 4.79 Å². The number of nitrogens with zero attached hydrogens (tertiary/aromatic N) is 2. The van der Waals surface area contributed by atoms with Gasteiger partial charge in [-0.25, -0.2) is 4.98 Å². The number of rotatable bonds is 6. The Labute approximate surface area is 162 Å². The van der Waals surface area contributed by atoms with Gasteiger partial charge in [0.25, 0.3) is 5.91 Å². The van der Waals surface area contributed by atoms with Crippen LogP contribution in [0.4, 0.5) is 5.82 Å². The van der Waals surface area contributed by atoms with Crippen molar-refractivity contribution in [1.29, 1.82) is 0 Å². The molecule has 0 unspecified atom stereocenters. The zero-order valence-electron chi connectivity index (χ0n) is 14.6. The third kappa shape index (κ3) is 4.42. The molecule has 6 heteroatoms. The molecule has 0 N–H and O–H groups in total. The summed E-state index contributed by atoms with van der Waals surface area (Å²) in [5.74, 6) is 1.07. The number of benzene rings is 1. The Kier molecular flexibility index (Phi) is 5.91. The van der Waals surface area contributed by atoms with Gasteiger partial charge in [0.15, 0.2) is 6.10 Å². The fourth-order valence-electron chi connectivity index (χ4n) is 2.51. The van der Waals surface area contributed by atoms with Crippen molar-refractivity contribution >= 4 is 34.7 Å². The van der Waals surface area contributed by atoms with Crippen LogP contribution in [0.25, 0.3) is 0 Å². The number of pyridine rings is 1. The zero-order valence-corrected chi connectivity index (χ0v) is 16.1. The number of anilines is 1. The maximum Gasteiger partial charge on any atom is 0.269 e. The van der Waals surface area contributed by atoms with E-state index in [2.05, 4.69) is 4.98 Å². The van der Waals surface area contributed by atoms with Crippen LogP contribution in [0.1, 0.15) is 17.4 Å². The first kappa shape index (κ1) is 18.4. The van der Waals surface area contributed by atoms with Gasteiger partial charge in [0.2, 0.25) is 0 Å². The number of carbonyl (C=O) groups is 1. The lowest BCUT2D eigenvalue weighted by Crippen LogP contribution is -2.40. The second-order valence-corrected chi connectivity index (χ2v) is 7.30. The predicted molar refractivity (Wildman–Crippen MR) is 106 cm³/mol. The van der Waals surface area contributed by atoms with Gasteiger partial charge in [-0.3, -0.25) is 9.69 Å². The van der Waals surface area contributed by atoms with Crippen LogP contribution in [0.2, 0.25) is 5.02 Å². The van der Waals surface area contributed by atoms with Crippen molar-refractivity contribution in [3.8, 4) is 5.75 Å². The summed E-state index contributed by atoms with van der Waals surface area (Å²) in [6, 6.07) is 14.9. The van der Waals surface area contributed by atoms with Crippen LogP contribution in [0.15, 0.2) is 60.1 Å². The van der Waals surface area contributed by atoms with Gasteiger partial charge in [0.1, 0.15) is 11.6 Å². The largest absolute Gasteiger partial charge is 0.481 e. The molecule has 3 rings (SSSR count). The second kappa shape index (κ2) is 8.34. The minimum atomic E-state index is -0.655. The molecule has 4 nitrogen and oxygen atoms in total. The van der Waals surface area contributed by atoms with Crippen LogP contribution >= 0.6 is 22.9 Å². The van der Waals surface area contributed by atoms with E-state index >= 15 is 0 Å². The van der Waals surface area contributed by atoms with Crippen LogP contribution < -0.4 is 9.64 Å². The Hall–Kier alpha value is -2.37. The fraction of sp³-hybridized carbons (Fsp3) is 0.200. The van der Waals surface area contributed by atoms with Gasteiger partial charge in [-0.2, -0.15) is 0 Å². The van der Waals surface area contributed by atoms with Crippen LogP contribution in [0.3, 0.4) is 0 Å². The number of thiophene rings is 1. The molecule has 0 aliphatic carbocycles. The van der Waals surface area contributed by atoms with Crippen molar-refractivity contribution in [2.75, 3.05) is 4.90 Å². The van der Waals surface area contributed by atoms with E-state index in [1.54, 1.807) is 41.5 Å². The van der Waals surface area contributed by atoms with E-state index < -0.39 is 6.10 Å². The molecular weight excluding hydrogens is 368 g/mol. The molecular formula is C20H19ClN2O2S. The van der Waals surface area contributed by atoms with Gasteiger partial charge in [-0.15, -0.1) is 11.3 Å². The number of aryl methyl sites for hydroxylation is 1. The Morgan fingerprint density at radius 1 is 1.27 bits per heavy atom. The van der Waals surface area contributed by atoms with E-state index in [0.717, 1.165) is 10.4 Å². The summed E-state index contributed by atoms with van der Waals surface area (Å²) >= 11 is 7.66. The molecule has 0 radical (unpaired) electrons. The molecule has 0 spiro atoms. The highest BCUT2D eigenvalue weighted by Crippen LogP contribution is 2.23. The van der Waals surface area contributed by atoms with Crippen LogP contribution in [-0.4, -0.2) is 17.0 Å². The molecule has 2 heterocycles. The van der Waals surface area contributed by atoms with Crippen molar-refractivity contribution in [1.82, 2.24) is 4.98 Å². The highest BCUT2D eigenvalue weighted by Gasteiger charge is 2.25. The lowest BCUT2D eigenvalue weighted by Gasteiger charge is -2.25. The molecule has 1 aromatic carbocycles. The molecule has 1 atom stereocenters. The van der Waals surface area contributed by atoms with Crippen LogP contribution in [-0.2, 0) is 11.3 Å². The SMILES string of the molecule is Cc1cc(O[C@H](C)C(=O)N(Cc2cccs2)c2ccccn2)ccc1Cl. The minimum absolute atomic E-state index is 0.148. The molecule has 0 aliphatic heterocycles. The third-order valence-corrected chi connectivity index (χ3v) is 5.16. The fourth-order valence-corrected chi connectivity index (χ4v) is 3.32. The van der Waals surface area contributed by atoms with E-state index in [1.165, 1.54) is 0 Å². The maximum atomic E-state index is 13.1. The quantitative estimate of drug-likeness (QED) is 0.591. The Balaban J connectivity index is 1.80. The Morgan fingerprint density at radius 3 is 2.77 bits per heavy atom. The highest BCUT2D eigenvalue weighted by molar-refractivity contribution is 7.09. The van der Waals surface area contributed by atoms with Crippen LogP contribution in [0, 0.1) is 6.92 Å². The molecule has 3 aromatic rings. The predicted octanol–water partition coefficient (Wildman–Crippen LogP) is 5.11. The van der Waals surface area contributed by atoms with Gasteiger partial charge in [0.05, 0.1) is 6.54 Å². The first-order valence-corrected chi connectivity index (χ1v) is 9.48. The molecule has 0 aliphatic rings. The van der Waals surface area contributed by atoms with Gasteiger partial charge < -0.3 is 4.74 Å². The number of halogens is 1. The molecule has 0 saturated carbocycles.